The van der Waals surface area contributed by atoms with Crippen LogP contribution < -0.4 is 4.74 Å². The van der Waals surface area contributed by atoms with Gasteiger partial charge in [-0.25, -0.2) is 0 Å². The summed E-state index contributed by atoms with van der Waals surface area (Å²) >= 11 is 0. The molecule has 3 aromatic rings. The Bertz CT molecular complexity index is 859. The minimum absolute atomic E-state index is 0.0171. The highest BCUT2D eigenvalue weighted by Crippen LogP contribution is 2.52. The molecule has 3 aromatic carbocycles. The van der Waals surface area contributed by atoms with Crippen molar-refractivity contribution in [3.8, 4) is 16.9 Å². The summed E-state index contributed by atoms with van der Waals surface area (Å²) in [6.07, 6.45) is 0. The molecule has 0 bridgehead atoms. The lowest BCUT2D eigenvalue weighted by Gasteiger charge is -2.21. The number of fused-ring (bicyclic) bond motifs is 4. The van der Waals surface area contributed by atoms with Gasteiger partial charge in [-0.1, -0.05) is 50.2 Å². The van der Waals surface area contributed by atoms with Crippen molar-refractivity contribution >= 4 is 10.8 Å². The maximum atomic E-state index is 5.62. The number of methoxy groups -OCH3 is 1. The number of benzene rings is 3. The maximum Gasteiger partial charge on any atom is 0.127 e. The first kappa shape index (κ1) is 12.5. The second-order valence-corrected chi connectivity index (χ2v) is 6.25. The lowest BCUT2D eigenvalue weighted by molar-refractivity contribution is 0.416. The molecule has 0 aromatic heterocycles. The van der Waals surface area contributed by atoms with Crippen LogP contribution in [0.5, 0.6) is 5.75 Å². The molecule has 0 heterocycles. The Kier molecular flexibility index (Phi) is 2.44. The summed E-state index contributed by atoms with van der Waals surface area (Å²) in [6, 6.07) is 19.6. The molecule has 21 heavy (non-hydrogen) atoms. The number of hydrogen-bond donors (Lipinski definition) is 0. The zero-order chi connectivity index (χ0) is 14.6. The quantitative estimate of drug-likeness (QED) is 0.596. The first-order valence-corrected chi connectivity index (χ1v) is 7.34. The molecule has 0 saturated heterocycles. The molecule has 1 aliphatic rings. The highest BCUT2D eigenvalue weighted by molar-refractivity contribution is 5.95. The van der Waals surface area contributed by atoms with Crippen molar-refractivity contribution in [3.63, 3.8) is 0 Å². The standard InChI is InChI=1S/C20H18O/c1-20(2)16-9-6-10-18(21-3)19(16)15-11-13-7-4-5-8-14(13)12-17(15)20/h4-12H,1-3H3. The summed E-state index contributed by atoms with van der Waals surface area (Å²) in [5.41, 5.74) is 5.33. The lowest BCUT2D eigenvalue weighted by atomic mass is 9.82. The van der Waals surface area contributed by atoms with E-state index in [9.17, 15) is 0 Å². The van der Waals surface area contributed by atoms with Gasteiger partial charge in [0.25, 0.3) is 0 Å². The molecule has 0 saturated carbocycles. The first-order valence-electron chi connectivity index (χ1n) is 7.34. The summed E-state index contributed by atoms with van der Waals surface area (Å²) in [5, 5.41) is 2.59. The van der Waals surface area contributed by atoms with Crippen molar-refractivity contribution in [2.24, 2.45) is 0 Å². The van der Waals surface area contributed by atoms with Gasteiger partial charge in [-0.05, 0) is 45.7 Å². The van der Waals surface area contributed by atoms with Gasteiger partial charge in [-0.15, -0.1) is 0 Å². The maximum absolute atomic E-state index is 5.62. The van der Waals surface area contributed by atoms with Crippen molar-refractivity contribution in [3.05, 3.63) is 65.7 Å². The van der Waals surface area contributed by atoms with Crippen molar-refractivity contribution < 1.29 is 4.74 Å². The lowest BCUT2D eigenvalue weighted by Crippen LogP contribution is -2.14. The van der Waals surface area contributed by atoms with Gasteiger partial charge in [0.15, 0.2) is 0 Å². The van der Waals surface area contributed by atoms with E-state index in [1.165, 1.54) is 33.0 Å². The Morgan fingerprint density at radius 1 is 0.810 bits per heavy atom. The van der Waals surface area contributed by atoms with Crippen LogP contribution in [0.4, 0.5) is 0 Å². The fraction of sp³-hybridized carbons (Fsp3) is 0.200. The van der Waals surface area contributed by atoms with Crippen LogP contribution in [-0.4, -0.2) is 7.11 Å². The van der Waals surface area contributed by atoms with Crippen LogP contribution in [0.25, 0.3) is 21.9 Å². The van der Waals surface area contributed by atoms with Gasteiger partial charge in [0.1, 0.15) is 5.75 Å². The summed E-state index contributed by atoms with van der Waals surface area (Å²) in [6.45, 7) is 4.60. The van der Waals surface area contributed by atoms with E-state index in [0.717, 1.165) is 5.75 Å². The Labute approximate surface area is 125 Å². The molecule has 104 valence electrons. The van der Waals surface area contributed by atoms with Crippen molar-refractivity contribution in [1.29, 1.82) is 0 Å². The van der Waals surface area contributed by atoms with Gasteiger partial charge in [0, 0.05) is 11.0 Å². The molecule has 1 aliphatic carbocycles. The molecular formula is C20H18O. The third kappa shape index (κ3) is 1.58. The van der Waals surface area contributed by atoms with E-state index in [2.05, 4.69) is 68.4 Å². The van der Waals surface area contributed by atoms with Crippen LogP contribution in [0.3, 0.4) is 0 Å². The Morgan fingerprint density at radius 2 is 1.52 bits per heavy atom. The summed E-state index contributed by atoms with van der Waals surface area (Å²) in [5.74, 6) is 0.967. The zero-order valence-corrected chi connectivity index (χ0v) is 12.6. The fourth-order valence-electron chi connectivity index (χ4n) is 3.61. The molecule has 1 heteroatoms. The normalized spacial score (nSPS) is 14.8. The van der Waals surface area contributed by atoms with Crippen LogP contribution in [0.15, 0.2) is 54.6 Å². The van der Waals surface area contributed by atoms with Gasteiger partial charge in [0.05, 0.1) is 7.11 Å². The molecule has 0 aliphatic heterocycles. The molecule has 0 N–H and O–H groups in total. The Morgan fingerprint density at radius 3 is 2.24 bits per heavy atom. The van der Waals surface area contributed by atoms with E-state index in [4.69, 9.17) is 4.74 Å². The van der Waals surface area contributed by atoms with E-state index >= 15 is 0 Å². The highest BCUT2D eigenvalue weighted by atomic mass is 16.5. The summed E-state index contributed by atoms with van der Waals surface area (Å²) < 4.78 is 5.62. The third-order valence-corrected chi connectivity index (χ3v) is 4.75. The van der Waals surface area contributed by atoms with E-state index < -0.39 is 0 Å². The van der Waals surface area contributed by atoms with Crippen LogP contribution in [-0.2, 0) is 5.41 Å². The average molecular weight is 274 g/mol. The zero-order valence-electron chi connectivity index (χ0n) is 12.6. The van der Waals surface area contributed by atoms with E-state index in [1.54, 1.807) is 7.11 Å². The SMILES string of the molecule is COc1cccc2c1-c1cc3ccccc3cc1C2(C)C. The van der Waals surface area contributed by atoms with Gasteiger partial charge in [-0.2, -0.15) is 0 Å². The van der Waals surface area contributed by atoms with Crippen molar-refractivity contribution in [2.75, 3.05) is 7.11 Å². The van der Waals surface area contributed by atoms with E-state index in [1.807, 2.05) is 0 Å². The van der Waals surface area contributed by atoms with Gasteiger partial charge < -0.3 is 4.74 Å². The predicted molar refractivity (Wildman–Crippen MR) is 88.1 cm³/mol. The Hall–Kier alpha value is -2.28. The minimum atomic E-state index is 0.0171. The second kappa shape index (κ2) is 4.11. The molecular weight excluding hydrogens is 256 g/mol. The van der Waals surface area contributed by atoms with Gasteiger partial charge >= 0.3 is 0 Å². The molecule has 0 amide bonds. The summed E-state index contributed by atoms with van der Waals surface area (Å²) in [7, 11) is 1.75. The first-order chi connectivity index (χ1) is 10.1. The topological polar surface area (TPSA) is 9.23 Å². The minimum Gasteiger partial charge on any atom is -0.496 e. The molecule has 0 unspecified atom stereocenters. The monoisotopic (exact) mass is 274 g/mol. The molecule has 0 radical (unpaired) electrons. The van der Waals surface area contributed by atoms with Crippen LogP contribution in [0.2, 0.25) is 0 Å². The molecule has 4 rings (SSSR count). The van der Waals surface area contributed by atoms with Crippen LogP contribution in [0, 0.1) is 0 Å². The van der Waals surface area contributed by atoms with Crippen LogP contribution >= 0.6 is 0 Å². The molecule has 0 fully saturated rings. The fourth-order valence-corrected chi connectivity index (χ4v) is 3.61. The van der Waals surface area contributed by atoms with E-state index in [-0.39, 0.29) is 5.41 Å². The van der Waals surface area contributed by atoms with Crippen molar-refractivity contribution in [2.45, 2.75) is 19.3 Å². The molecule has 0 atom stereocenters. The van der Waals surface area contributed by atoms with Gasteiger partial charge in [0.2, 0.25) is 0 Å². The van der Waals surface area contributed by atoms with E-state index in [0.29, 0.717) is 0 Å². The highest BCUT2D eigenvalue weighted by Gasteiger charge is 2.37. The largest absolute Gasteiger partial charge is 0.496 e. The number of rotatable bonds is 1. The number of hydrogen-bond acceptors (Lipinski definition) is 1. The smallest absolute Gasteiger partial charge is 0.127 e. The van der Waals surface area contributed by atoms with Crippen molar-refractivity contribution in [1.82, 2.24) is 0 Å². The summed E-state index contributed by atoms with van der Waals surface area (Å²) in [4.78, 5) is 0. The van der Waals surface area contributed by atoms with Gasteiger partial charge in [-0.3, -0.25) is 0 Å². The molecule has 0 spiro atoms. The average Bonchev–Trinajstić information content (AvgIpc) is 2.73. The van der Waals surface area contributed by atoms with Crippen LogP contribution in [0.1, 0.15) is 25.0 Å². The third-order valence-electron chi connectivity index (χ3n) is 4.75. The number of ether oxygens (including phenoxy) is 1. The second-order valence-electron chi connectivity index (χ2n) is 6.25. The Balaban J connectivity index is 2.14. The predicted octanol–water partition coefficient (Wildman–Crippen LogP) is 5.15. The molecule has 1 nitrogen and oxygen atoms in total.